The van der Waals surface area contributed by atoms with E-state index in [0.29, 0.717) is 25.4 Å². The van der Waals surface area contributed by atoms with E-state index < -0.39 is 0 Å². The highest BCUT2D eigenvalue weighted by Gasteiger charge is 2.10. The lowest BCUT2D eigenvalue weighted by Crippen LogP contribution is -2.29. The van der Waals surface area contributed by atoms with Crippen LogP contribution >= 0.6 is 0 Å². The minimum atomic E-state index is 0.0801. The molecule has 0 bridgehead atoms. The van der Waals surface area contributed by atoms with Gasteiger partial charge in [0.1, 0.15) is 5.82 Å². The molecule has 1 aromatic heterocycles. The lowest BCUT2D eigenvalue weighted by atomic mass is 10.0. The summed E-state index contributed by atoms with van der Waals surface area (Å²) in [6, 6.07) is 0. The van der Waals surface area contributed by atoms with Crippen molar-refractivity contribution in [1.29, 1.82) is 0 Å². The number of nitrogens with zero attached hydrogens (tertiary/aromatic N) is 2. The average molecular weight is 238 g/mol. The van der Waals surface area contributed by atoms with Crippen LogP contribution in [0.25, 0.3) is 0 Å². The fourth-order valence-corrected chi connectivity index (χ4v) is 1.68. The molecule has 0 saturated heterocycles. The van der Waals surface area contributed by atoms with E-state index >= 15 is 0 Å². The van der Waals surface area contributed by atoms with Crippen LogP contribution < -0.4 is 11.1 Å². The highest BCUT2D eigenvalue weighted by molar-refractivity contribution is 5.76. The normalized spacial score (nSPS) is 12.4. The summed E-state index contributed by atoms with van der Waals surface area (Å²) in [4.78, 5) is 15.8. The first-order chi connectivity index (χ1) is 8.17. The second kappa shape index (κ2) is 7.06. The van der Waals surface area contributed by atoms with Crippen LogP contribution in [0.1, 0.15) is 25.6 Å². The van der Waals surface area contributed by atoms with Gasteiger partial charge in [0.25, 0.3) is 0 Å². The van der Waals surface area contributed by atoms with Gasteiger partial charge >= 0.3 is 0 Å². The average Bonchev–Trinajstić information content (AvgIpc) is 2.72. The van der Waals surface area contributed by atoms with Crippen molar-refractivity contribution in [2.45, 2.75) is 26.2 Å². The summed E-state index contributed by atoms with van der Waals surface area (Å²) in [5, 5.41) is 2.90. The number of carbonyl (C=O) groups is 1. The molecule has 1 atom stereocenters. The third-order valence-corrected chi connectivity index (χ3v) is 2.98. The maximum atomic E-state index is 11.6. The summed E-state index contributed by atoms with van der Waals surface area (Å²) in [6.45, 7) is 3.26. The van der Waals surface area contributed by atoms with Gasteiger partial charge < -0.3 is 15.6 Å². The van der Waals surface area contributed by atoms with Crippen molar-refractivity contribution in [1.82, 2.24) is 14.9 Å². The second-order valence-electron chi connectivity index (χ2n) is 4.27. The van der Waals surface area contributed by atoms with Crippen LogP contribution in [0, 0.1) is 5.92 Å². The number of hydrogen-bond acceptors (Lipinski definition) is 3. The highest BCUT2D eigenvalue weighted by Crippen LogP contribution is 2.05. The molecule has 5 heteroatoms. The zero-order valence-electron chi connectivity index (χ0n) is 10.6. The van der Waals surface area contributed by atoms with E-state index in [2.05, 4.69) is 17.2 Å². The van der Waals surface area contributed by atoms with Gasteiger partial charge in [-0.2, -0.15) is 0 Å². The van der Waals surface area contributed by atoms with Crippen LogP contribution in [0.15, 0.2) is 12.4 Å². The molecular formula is C12H22N4O. The van der Waals surface area contributed by atoms with E-state index in [-0.39, 0.29) is 5.91 Å². The Labute approximate surface area is 102 Å². The maximum Gasteiger partial charge on any atom is 0.220 e. The molecule has 0 aliphatic rings. The summed E-state index contributed by atoms with van der Waals surface area (Å²) >= 11 is 0. The Morgan fingerprint density at radius 2 is 2.41 bits per heavy atom. The fourth-order valence-electron chi connectivity index (χ4n) is 1.68. The SMILES string of the molecule is CCC(CN)CC(=O)NCCc1nccn1C. The Morgan fingerprint density at radius 1 is 1.65 bits per heavy atom. The number of aromatic nitrogens is 2. The number of carbonyl (C=O) groups excluding carboxylic acids is 1. The van der Waals surface area contributed by atoms with Crippen LogP contribution in [0.5, 0.6) is 0 Å². The lowest BCUT2D eigenvalue weighted by Gasteiger charge is -2.11. The molecule has 17 heavy (non-hydrogen) atoms. The van der Waals surface area contributed by atoms with Gasteiger partial charge in [-0.05, 0) is 12.5 Å². The number of aryl methyl sites for hydroxylation is 1. The standard InChI is InChI=1S/C12H22N4O/c1-3-10(9-13)8-12(17)15-5-4-11-14-6-7-16(11)2/h6-7,10H,3-5,8-9,13H2,1-2H3,(H,15,17). The summed E-state index contributed by atoms with van der Waals surface area (Å²) in [7, 11) is 1.95. The quantitative estimate of drug-likeness (QED) is 0.724. The van der Waals surface area contributed by atoms with Gasteiger partial charge in [0.15, 0.2) is 0 Å². The molecule has 3 N–H and O–H groups in total. The van der Waals surface area contributed by atoms with Crippen molar-refractivity contribution in [2.75, 3.05) is 13.1 Å². The molecule has 0 spiro atoms. The molecule has 0 radical (unpaired) electrons. The molecule has 96 valence electrons. The van der Waals surface area contributed by atoms with Crippen molar-refractivity contribution >= 4 is 5.91 Å². The fraction of sp³-hybridized carbons (Fsp3) is 0.667. The minimum Gasteiger partial charge on any atom is -0.356 e. The zero-order chi connectivity index (χ0) is 12.7. The number of hydrogen-bond donors (Lipinski definition) is 2. The van der Waals surface area contributed by atoms with E-state index in [9.17, 15) is 4.79 Å². The molecule has 1 unspecified atom stereocenters. The Kier molecular flexibility index (Phi) is 5.69. The third kappa shape index (κ3) is 4.56. The molecule has 1 amide bonds. The number of nitrogens with two attached hydrogens (primary N) is 1. The summed E-state index contributed by atoms with van der Waals surface area (Å²) in [5.41, 5.74) is 5.56. The van der Waals surface area contributed by atoms with E-state index in [0.717, 1.165) is 18.7 Å². The summed E-state index contributed by atoms with van der Waals surface area (Å²) in [6.07, 6.45) is 5.89. The molecule has 0 saturated carbocycles. The summed E-state index contributed by atoms with van der Waals surface area (Å²) < 4.78 is 1.96. The van der Waals surface area contributed by atoms with Crippen molar-refractivity contribution in [3.05, 3.63) is 18.2 Å². The van der Waals surface area contributed by atoms with Crippen LogP contribution in [-0.2, 0) is 18.3 Å². The molecule has 1 aromatic rings. The van der Waals surface area contributed by atoms with Gasteiger partial charge in [-0.3, -0.25) is 4.79 Å². The number of imidazole rings is 1. The highest BCUT2D eigenvalue weighted by atomic mass is 16.1. The van der Waals surface area contributed by atoms with Crippen LogP contribution in [0.3, 0.4) is 0 Å². The number of rotatable bonds is 7. The molecular weight excluding hydrogens is 216 g/mol. The Balaban J connectivity index is 2.22. The van der Waals surface area contributed by atoms with Crippen LogP contribution in [0.4, 0.5) is 0 Å². The number of nitrogens with one attached hydrogen (secondary N) is 1. The predicted octanol–water partition coefficient (Wildman–Crippen LogP) is 0.454. The first kappa shape index (κ1) is 13.7. The monoisotopic (exact) mass is 238 g/mol. The largest absolute Gasteiger partial charge is 0.356 e. The molecule has 1 rings (SSSR count). The van der Waals surface area contributed by atoms with Gasteiger partial charge in [-0.25, -0.2) is 4.98 Å². The smallest absolute Gasteiger partial charge is 0.220 e. The van der Waals surface area contributed by atoms with Crippen molar-refractivity contribution in [2.24, 2.45) is 18.7 Å². The first-order valence-electron chi connectivity index (χ1n) is 6.10. The van der Waals surface area contributed by atoms with E-state index in [4.69, 9.17) is 5.73 Å². The summed E-state index contributed by atoms with van der Waals surface area (Å²) in [5.74, 6) is 1.36. The van der Waals surface area contributed by atoms with E-state index in [1.807, 2.05) is 17.8 Å². The van der Waals surface area contributed by atoms with Gasteiger partial charge in [-0.1, -0.05) is 13.3 Å². The third-order valence-electron chi connectivity index (χ3n) is 2.98. The molecule has 5 nitrogen and oxygen atoms in total. The van der Waals surface area contributed by atoms with Gasteiger partial charge in [0, 0.05) is 38.8 Å². The van der Waals surface area contributed by atoms with Gasteiger partial charge in [0.2, 0.25) is 5.91 Å². The molecule has 1 heterocycles. The Hall–Kier alpha value is -1.36. The topological polar surface area (TPSA) is 72.9 Å². The maximum absolute atomic E-state index is 11.6. The first-order valence-corrected chi connectivity index (χ1v) is 6.10. The Morgan fingerprint density at radius 3 is 2.94 bits per heavy atom. The van der Waals surface area contributed by atoms with Gasteiger partial charge in [-0.15, -0.1) is 0 Å². The van der Waals surface area contributed by atoms with Gasteiger partial charge in [0.05, 0.1) is 0 Å². The molecule has 0 aliphatic carbocycles. The van der Waals surface area contributed by atoms with Crippen LogP contribution in [-0.4, -0.2) is 28.5 Å². The number of amides is 1. The van der Waals surface area contributed by atoms with E-state index in [1.165, 1.54) is 0 Å². The zero-order valence-corrected chi connectivity index (χ0v) is 10.6. The molecule has 0 fully saturated rings. The van der Waals surface area contributed by atoms with Crippen molar-refractivity contribution in [3.8, 4) is 0 Å². The predicted molar refractivity (Wildman–Crippen MR) is 67.4 cm³/mol. The molecule has 0 aromatic carbocycles. The lowest BCUT2D eigenvalue weighted by molar-refractivity contribution is -0.121. The van der Waals surface area contributed by atoms with Crippen molar-refractivity contribution < 1.29 is 4.79 Å². The Bertz CT molecular complexity index is 344. The van der Waals surface area contributed by atoms with Crippen molar-refractivity contribution in [3.63, 3.8) is 0 Å². The molecule has 0 aliphatic heterocycles. The second-order valence-corrected chi connectivity index (χ2v) is 4.27. The van der Waals surface area contributed by atoms with Crippen LogP contribution in [0.2, 0.25) is 0 Å². The van der Waals surface area contributed by atoms with E-state index in [1.54, 1.807) is 6.20 Å². The minimum absolute atomic E-state index is 0.0801.